The van der Waals surface area contributed by atoms with E-state index in [-0.39, 0.29) is 0 Å². The van der Waals surface area contributed by atoms with Crippen molar-refractivity contribution in [1.82, 2.24) is 9.56 Å². The van der Waals surface area contributed by atoms with Gasteiger partial charge in [-0.1, -0.05) is 35.9 Å². The number of aromatic nitrogens is 1. The van der Waals surface area contributed by atoms with E-state index in [1.54, 1.807) is 24.3 Å². The Labute approximate surface area is 233 Å². The van der Waals surface area contributed by atoms with Crippen LogP contribution in [0.5, 0.6) is 5.75 Å². The fourth-order valence-electron chi connectivity index (χ4n) is 3.23. The molecular weight excluding hydrogens is 538 g/mol. The van der Waals surface area contributed by atoms with Crippen molar-refractivity contribution in [3.05, 3.63) is 112 Å². The lowest BCUT2D eigenvalue weighted by molar-refractivity contribution is -2.00. The molecule has 5 rings (SSSR count). The predicted octanol–water partition coefficient (Wildman–Crippen LogP) is 1.61. The summed E-state index contributed by atoms with van der Waals surface area (Å²) in [7, 11) is -0.917. The van der Waals surface area contributed by atoms with Gasteiger partial charge in [0, 0.05) is 6.07 Å². The second-order valence-corrected chi connectivity index (χ2v) is 9.63. The minimum atomic E-state index is -4.94. The molecule has 0 radical (unpaired) electrons. The molecule has 0 aromatic heterocycles. The van der Waals surface area contributed by atoms with Crippen LogP contribution >= 0.6 is 0 Å². The molecule has 1 heterocycles. The molecule has 0 unspecified atom stereocenters. The van der Waals surface area contributed by atoms with Crippen LogP contribution in [0.15, 0.2) is 94.5 Å². The number of nitroso groups, excluding NO2 is 1. The van der Waals surface area contributed by atoms with Crippen LogP contribution in [0.4, 0.5) is 5.69 Å². The van der Waals surface area contributed by atoms with E-state index in [1.807, 2.05) is 88.6 Å². The molecule has 1 aliphatic carbocycles. The van der Waals surface area contributed by atoms with E-state index >= 15 is 0 Å². The minimum absolute atomic E-state index is 0.338. The van der Waals surface area contributed by atoms with Crippen molar-refractivity contribution in [2.45, 2.75) is 20.8 Å². The van der Waals surface area contributed by atoms with Gasteiger partial charge in [-0.25, -0.2) is 28.2 Å². The van der Waals surface area contributed by atoms with E-state index in [1.165, 1.54) is 5.56 Å². The van der Waals surface area contributed by atoms with Gasteiger partial charge >= 0.3 is 0 Å². The number of halogens is 1. The van der Waals surface area contributed by atoms with Crippen molar-refractivity contribution in [2.24, 2.45) is 5.18 Å². The van der Waals surface area contributed by atoms with E-state index in [0.29, 0.717) is 11.4 Å². The Morgan fingerprint density at radius 1 is 0.800 bits per heavy atom. The lowest BCUT2D eigenvalue weighted by Crippen LogP contribution is -2.68. The second kappa shape index (κ2) is 14.8. The summed E-state index contributed by atoms with van der Waals surface area (Å²) in [5.41, 5.74) is 6.50. The van der Waals surface area contributed by atoms with Crippen LogP contribution in [0.25, 0.3) is 22.6 Å². The summed E-state index contributed by atoms with van der Waals surface area (Å²) in [4.78, 5) is 14.5. The van der Waals surface area contributed by atoms with Crippen molar-refractivity contribution in [2.75, 3.05) is 14.1 Å². The number of phenolic OH excluding ortho intramolecular Hbond substituents is 1. The summed E-state index contributed by atoms with van der Waals surface area (Å²) in [5, 5.41) is 12.7. The Morgan fingerprint density at radius 3 is 1.93 bits per heavy atom. The Hall–Kier alpha value is -4.19. The molecule has 0 atom stereocenters. The van der Waals surface area contributed by atoms with Crippen LogP contribution in [-0.2, 0) is 0 Å². The molecule has 2 aliphatic rings. The van der Waals surface area contributed by atoms with E-state index in [9.17, 15) is 4.91 Å². The molecule has 0 bridgehead atoms. The molecule has 1 aliphatic heterocycles. The molecule has 10 nitrogen and oxygen atoms in total. The Kier molecular flexibility index (Phi) is 11.9. The Morgan fingerprint density at radius 2 is 1.40 bits per heavy atom. The molecule has 3 aromatic rings. The van der Waals surface area contributed by atoms with Gasteiger partial charge in [-0.2, -0.15) is 0 Å². The quantitative estimate of drug-likeness (QED) is 0.181. The molecule has 11 heteroatoms. The molecule has 3 aromatic carbocycles. The van der Waals surface area contributed by atoms with Crippen molar-refractivity contribution in [3.8, 4) is 17.2 Å². The van der Waals surface area contributed by atoms with Crippen LogP contribution in [0.1, 0.15) is 16.7 Å². The number of aryl methyl sites for hydroxylation is 3. The zero-order chi connectivity index (χ0) is 29.9. The van der Waals surface area contributed by atoms with Gasteiger partial charge in [-0.05, 0) is 79.5 Å². The molecule has 0 spiro atoms. The molecule has 0 saturated heterocycles. The van der Waals surface area contributed by atoms with Gasteiger partial charge in [0.25, 0.3) is 0 Å². The van der Waals surface area contributed by atoms with E-state index in [0.717, 1.165) is 39.0 Å². The maximum Gasteiger partial charge on any atom is 0.203 e. The summed E-state index contributed by atoms with van der Waals surface area (Å²) in [6, 6.07) is 26.4. The smallest absolute Gasteiger partial charge is 0.203 e. The molecule has 0 fully saturated rings. The van der Waals surface area contributed by atoms with Crippen LogP contribution in [-0.4, -0.2) is 24.2 Å². The van der Waals surface area contributed by atoms with Gasteiger partial charge in [0.15, 0.2) is 11.3 Å². The minimum Gasteiger partial charge on any atom is -0.508 e. The highest BCUT2D eigenvalue weighted by Gasteiger charge is 2.10. The fourth-order valence-corrected chi connectivity index (χ4v) is 3.23. The van der Waals surface area contributed by atoms with Gasteiger partial charge < -0.3 is 9.52 Å². The highest BCUT2D eigenvalue weighted by molar-refractivity contribution is 5.76. The van der Waals surface area contributed by atoms with Crippen molar-refractivity contribution >= 4 is 16.8 Å². The Bertz CT molecular complexity index is 1550. The first-order valence-corrected chi connectivity index (χ1v) is 13.1. The van der Waals surface area contributed by atoms with E-state index in [4.69, 9.17) is 28.2 Å². The number of benzene rings is 4. The highest BCUT2D eigenvalue weighted by Crippen LogP contribution is 2.23. The third kappa shape index (κ3) is 11.7. The summed E-state index contributed by atoms with van der Waals surface area (Å²) >= 11 is 0. The summed E-state index contributed by atoms with van der Waals surface area (Å²) in [5.74, 6) is 1.16. The lowest BCUT2D eigenvalue weighted by Gasteiger charge is -2.17. The second-order valence-electron chi connectivity index (χ2n) is 8.88. The van der Waals surface area contributed by atoms with Crippen molar-refractivity contribution in [3.63, 3.8) is 0 Å². The first kappa shape index (κ1) is 32.0. The van der Waals surface area contributed by atoms with Crippen LogP contribution in [0.2, 0.25) is 0 Å². The molecule has 210 valence electrons. The zero-order valence-electron chi connectivity index (χ0n) is 22.7. The summed E-state index contributed by atoms with van der Waals surface area (Å²) in [6.45, 7) is 5.96. The maximum absolute atomic E-state index is 9.87. The highest BCUT2D eigenvalue weighted by atomic mass is 35.7. The molecule has 0 amide bonds. The van der Waals surface area contributed by atoms with Gasteiger partial charge in [-0.15, -0.1) is 15.2 Å². The van der Waals surface area contributed by atoms with Gasteiger partial charge in [0.1, 0.15) is 36.7 Å². The first-order chi connectivity index (χ1) is 18.7. The zero-order valence-corrected chi connectivity index (χ0v) is 23.5. The van der Waals surface area contributed by atoms with Gasteiger partial charge in [0.2, 0.25) is 5.36 Å². The van der Waals surface area contributed by atoms with Crippen LogP contribution in [0.3, 0.4) is 0 Å². The average Bonchev–Trinajstić information content (AvgIpc) is 2.87. The van der Waals surface area contributed by atoms with Crippen LogP contribution in [0, 0.1) is 35.9 Å². The van der Waals surface area contributed by atoms with Gasteiger partial charge in [0.05, 0.1) is 6.07 Å². The number of aromatic hydroxyl groups is 1. The normalized spacial score (nSPS) is 10.3. The number of phenols is 1. The average molecular weight is 568 g/mol. The van der Waals surface area contributed by atoms with Crippen LogP contribution < -0.4 is 28.6 Å². The number of nitrogens with zero attached hydrogens (tertiary/aromatic N) is 3. The first-order valence-electron chi connectivity index (χ1n) is 11.8. The SMILES string of the molecule is Cc1ccc(N=O)cc1.Cc1ccc2nc3ccc(=[N+](C)C)cc-3oc2c1.Cc1cccc(O)c1.[O-][Cl+3]([O-])([O-])[O-]. The molecule has 0 saturated carbocycles. The maximum atomic E-state index is 9.87. The topological polar surface area (TPSA) is 171 Å². The fraction of sp³-hybridized carbons (Fsp3) is 0.172. The Balaban J connectivity index is 0.000000214. The predicted molar refractivity (Wildman–Crippen MR) is 142 cm³/mol. The standard InChI is InChI=1S/C15H15N2O.C7H7NO.C7H8O.ClHO4/c1-10-4-6-12-14(8-10)18-15-9-11(17(2)3)5-7-13(15)16-12;1-6-2-4-7(8-9)5-3-6;1-6-3-2-4-7(8)5-6;2-1(3,4)5/h4-9H,1-3H3;2-5H,1H3;2-5,8H,1H3;(H,2,3,4,5)/q+1;;;/p-1. The summed E-state index contributed by atoms with van der Waals surface area (Å²) in [6.07, 6.45) is 0. The number of hydrogen-bond donors (Lipinski definition) is 1. The van der Waals surface area contributed by atoms with Gasteiger partial charge in [-0.3, -0.25) is 0 Å². The third-order valence-corrected chi connectivity index (χ3v) is 5.18. The number of fused-ring (bicyclic) bond motifs is 2. The van der Waals surface area contributed by atoms with E-state index < -0.39 is 10.2 Å². The number of hydrogen-bond acceptors (Lipinski definition) is 9. The lowest BCUT2D eigenvalue weighted by atomic mass is 10.2. The van der Waals surface area contributed by atoms with Crippen molar-refractivity contribution in [1.29, 1.82) is 0 Å². The summed E-state index contributed by atoms with van der Waals surface area (Å²) < 4.78 is 42.0. The molecular formula is C29H30ClN3O7. The largest absolute Gasteiger partial charge is 0.508 e. The number of rotatable bonds is 1. The molecule has 40 heavy (non-hydrogen) atoms. The van der Waals surface area contributed by atoms with E-state index in [2.05, 4.69) is 21.7 Å². The molecule has 1 N–H and O–H groups in total. The van der Waals surface area contributed by atoms with Crippen molar-refractivity contribution < 1.29 is 38.4 Å². The third-order valence-electron chi connectivity index (χ3n) is 5.18. The monoisotopic (exact) mass is 567 g/mol.